The highest BCUT2D eigenvalue weighted by Crippen LogP contribution is 2.16. The van der Waals surface area contributed by atoms with E-state index in [1.807, 2.05) is 19.9 Å². The summed E-state index contributed by atoms with van der Waals surface area (Å²) in [5.74, 6) is 0.0609. The van der Waals surface area contributed by atoms with Gasteiger partial charge in [0.1, 0.15) is 6.61 Å². The third-order valence-corrected chi connectivity index (χ3v) is 3.75. The summed E-state index contributed by atoms with van der Waals surface area (Å²) in [6, 6.07) is 1.95. The van der Waals surface area contributed by atoms with Crippen LogP contribution in [0, 0.1) is 13.8 Å². The van der Waals surface area contributed by atoms with Gasteiger partial charge in [0.15, 0.2) is 5.78 Å². The maximum absolute atomic E-state index is 12.1. The van der Waals surface area contributed by atoms with Crippen LogP contribution in [0.3, 0.4) is 0 Å². The highest BCUT2D eigenvalue weighted by Gasteiger charge is 2.18. The van der Waals surface area contributed by atoms with Gasteiger partial charge in [-0.3, -0.25) is 4.79 Å². The first-order valence-electron chi connectivity index (χ1n) is 7.02. The normalized spacial score (nSPS) is 19.0. The van der Waals surface area contributed by atoms with Crippen molar-refractivity contribution in [3.63, 3.8) is 0 Å². The number of aromatic nitrogens is 1. The number of ketones is 1. The third-order valence-electron chi connectivity index (χ3n) is 3.75. The fourth-order valence-corrected chi connectivity index (χ4v) is 2.71. The molecule has 0 aromatic carbocycles. The minimum atomic E-state index is 0.0609. The van der Waals surface area contributed by atoms with Crippen LogP contribution in [-0.2, 0) is 16.0 Å². The Hall–Kier alpha value is -1.13. The number of carbonyl (C=O) groups is 1. The van der Waals surface area contributed by atoms with E-state index in [4.69, 9.17) is 9.47 Å². The molecule has 1 aliphatic heterocycles. The molecule has 106 valence electrons. The fraction of sp³-hybridized carbons (Fsp3) is 0.667. The fourth-order valence-electron chi connectivity index (χ4n) is 2.71. The number of hydrogen-bond donors (Lipinski definition) is 0. The molecule has 2 heterocycles. The van der Waals surface area contributed by atoms with Crippen molar-refractivity contribution in [3.05, 3.63) is 23.0 Å². The molecule has 1 unspecified atom stereocenters. The molecule has 0 spiro atoms. The second-order valence-electron chi connectivity index (χ2n) is 5.10. The Bertz CT molecular complexity index is 444. The standard InChI is InChI=1S/C15H23NO3/c1-4-16-11(2)8-14(12(16)3)15(17)10-18-9-13-6-5-7-19-13/h8,13H,4-7,9-10H2,1-3H3. The molecular weight excluding hydrogens is 242 g/mol. The molecule has 2 rings (SSSR count). The molecule has 1 aromatic heterocycles. The Kier molecular flexibility index (Phi) is 4.77. The topological polar surface area (TPSA) is 40.5 Å². The highest BCUT2D eigenvalue weighted by molar-refractivity contribution is 5.98. The summed E-state index contributed by atoms with van der Waals surface area (Å²) in [6.45, 7) is 8.49. The Morgan fingerprint density at radius 2 is 2.32 bits per heavy atom. The van der Waals surface area contributed by atoms with E-state index >= 15 is 0 Å². The third kappa shape index (κ3) is 3.25. The van der Waals surface area contributed by atoms with Crippen molar-refractivity contribution < 1.29 is 14.3 Å². The molecule has 1 saturated heterocycles. The number of carbonyl (C=O) groups excluding carboxylic acids is 1. The van der Waals surface area contributed by atoms with Crippen LogP contribution < -0.4 is 0 Å². The Balaban J connectivity index is 1.88. The molecule has 4 nitrogen and oxygen atoms in total. The molecule has 0 saturated carbocycles. The number of Topliss-reactive ketones (excluding diaryl/α,β-unsaturated/α-hetero) is 1. The first kappa shape index (κ1) is 14.3. The van der Waals surface area contributed by atoms with Gasteiger partial charge in [0.2, 0.25) is 0 Å². The number of aryl methyl sites for hydroxylation is 1. The zero-order valence-electron chi connectivity index (χ0n) is 12.1. The van der Waals surface area contributed by atoms with Crippen molar-refractivity contribution >= 4 is 5.78 Å². The van der Waals surface area contributed by atoms with Crippen LogP contribution in [0.25, 0.3) is 0 Å². The van der Waals surface area contributed by atoms with Crippen molar-refractivity contribution in [1.82, 2.24) is 4.57 Å². The maximum atomic E-state index is 12.1. The summed E-state index contributed by atoms with van der Waals surface area (Å²) >= 11 is 0. The monoisotopic (exact) mass is 265 g/mol. The molecule has 1 atom stereocenters. The van der Waals surface area contributed by atoms with E-state index in [9.17, 15) is 4.79 Å². The number of nitrogens with zero attached hydrogens (tertiary/aromatic N) is 1. The lowest BCUT2D eigenvalue weighted by molar-refractivity contribution is 0.0190. The molecule has 0 amide bonds. The van der Waals surface area contributed by atoms with Gasteiger partial charge >= 0.3 is 0 Å². The van der Waals surface area contributed by atoms with Crippen molar-refractivity contribution in [2.24, 2.45) is 0 Å². The Labute approximate surface area is 114 Å². The lowest BCUT2D eigenvalue weighted by Crippen LogP contribution is -2.18. The second-order valence-corrected chi connectivity index (χ2v) is 5.10. The highest BCUT2D eigenvalue weighted by atomic mass is 16.5. The number of hydrogen-bond acceptors (Lipinski definition) is 3. The lowest BCUT2D eigenvalue weighted by atomic mass is 10.1. The molecule has 1 aromatic rings. The van der Waals surface area contributed by atoms with Crippen molar-refractivity contribution in [1.29, 1.82) is 0 Å². The van der Waals surface area contributed by atoms with E-state index < -0.39 is 0 Å². The van der Waals surface area contributed by atoms with Gasteiger partial charge in [-0.25, -0.2) is 0 Å². The van der Waals surface area contributed by atoms with Crippen molar-refractivity contribution in [3.8, 4) is 0 Å². The molecular formula is C15H23NO3. The summed E-state index contributed by atoms with van der Waals surface area (Å²) in [7, 11) is 0. The molecule has 0 N–H and O–H groups in total. The second kappa shape index (κ2) is 6.35. The summed E-state index contributed by atoms with van der Waals surface area (Å²) in [4.78, 5) is 12.1. The average Bonchev–Trinajstić information content (AvgIpc) is 2.98. The molecule has 0 aliphatic carbocycles. The predicted octanol–water partition coefficient (Wildman–Crippen LogP) is 2.50. The molecule has 1 fully saturated rings. The first-order valence-corrected chi connectivity index (χ1v) is 7.02. The van der Waals surface area contributed by atoms with E-state index in [0.29, 0.717) is 6.61 Å². The summed E-state index contributed by atoms with van der Waals surface area (Å²) in [5.41, 5.74) is 2.94. The quantitative estimate of drug-likeness (QED) is 0.742. The van der Waals surface area contributed by atoms with E-state index in [-0.39, 0.29) is 18.5 Å². The van der Waals surface area contributed by atoms with Gasteiger partial charge in [0, 0.05) is 30.1 Å². The zero-order valence-corrected chi connectivity index (χ0v) is 12.1. The Morgan fingerprint density at radius 3 is 2.89 bits per heavy atom. The van der Waals surface area contributed by atoms with Crippen LogP contribution in [0.15, 0.2) is 6.07 Å². The van der Waals surface area contributed by atoms with E-state index in [1.54, 1.807) is 0 Å². The van der Waals surface area contributed by atoms with Crippen LogP contribution in [0.4, 0.5) is 0 Å². The van der Waals surface area contributed by atoms with Gasteiger partial charge < -0.3 is 14.0 Å². The van der Waals surface area contributed by atoms with E-state index in [1.165, 1.54) is 0 Å². The number of rotatable bonds is 6. The zero-order chi connectivity index (χ0) is 13.8. The van der Waals surface area contributed by atoms with Crippen LogP contribution >= 0.6 is 0 Å². The molecule has 0 bridgehead atoms. The first-order chi connectivity index (χ1) is 9.13. The molecule has 4 heteroatoms. The molecule has 0 radical (unpaired) electrons. The minimum Gasteiger partial charge on any atom is -0.376 e. The van der Waals surface area contributed by atoms with Crippen LogP contribution in [0.2, 0.25) is 0 Å². The van der Waals surface area contributed by atoms with Gasteiger partial charge in [-0.1, -0.05) is 0 Å². The van der Waals surface area contributed by atoms with Crippen LogP contribution in [0.5, 0.6) is 0 Å². The van der Waals surface area contributed by atoms with Crippen LogP contribution in [0.1, 0.15) is 41.5 Å². The van der Waals surface area contributed by atoms with Gasteiger partial charge in [0.05, 0.1) is 12.7 Å². The van der Waals surface area contributed by atoms with E-state index in [0.717, 1.165) is 42.9 Å². The SMILES string of the molecule is CCn1c(C)cc(C(=O)COCC2CCCO2)c1C. The van der Waals surface area contributed by atoms with Crippen molar-refractivity contribution in [2.45, 2.75) is 46.3 Å². The Morgan fingerprint density at radius 1 is 1.53 bits per heavy atom. The summed E-state index contributed by atoms with van der Waals surface area (Å²) < 4.78 is 13.1. The molecule has 19 heavy (non-hydrogen) atoms. The van der Waals surface area contributed by atoms with Crippen LogP contribution in [-0.4, -0.2) is 36.3 Å². The van der Waals surface area contributed by atoms with E-state index in [2.05, 4.69) is 11.5 Å². The van der Waals surface area contributed by atoms with Gasteiger partial charge in [-0.15, -0.1) is 0 Å². The maximum Gasteiger partial charge on any atom is 0.190 e. The minimum absolute atomic E-state index is 0.0609. The van der Waals surface area contributed by atoms with Gasteiger partial charge in [0.25, 0.3) is 0 Å². The summed E-state index contributed by atoms with van der Waals surface area (Å²) in [6.07, 6.45) is 2.31. The number of ether oxygens (including phenoxy) is 2. The van der Waals surface area contributed by atoms with Gasteiger partial charge in [-0.2, -0.15) is 0 Å². The smallest absolute Gasteiger partial charge is 0.190 e. The van der Waals surface area contributed by atoms with Crippen molar-refractivity contribution in [2.75, 3.05) is 19.8 Å². The average molecular weight is 265 g/mol. The molecule has 1 aliphatic rings. The lowest BCUT2D eigenvalue weighted by Gasteiger charge is -2.09. The summed E-state index contributed by atoms with van der Waals surface area (Å²) in [5, 5.41) is 0. The largest absolute Gasteiger partial charge is 0.376 e. The predicted molar refractivity (Wildman–Crippen MR) is 73.7 cm³/mol. The van der Waals surface area contributed by atoms with Gasteiger partial charge in [-0.05, 0) is 39.7 Å².